The second kappa shape index (κ2) is 3.49. The van der Waals surface area contributed by atoms with E-state index in [1.54, 1.807) is 0 Å². The Kier molecular flexibility index (Phi) is 2.61. The van der Waals surface area contributed by atoms with E-state index in [2.05, 4.69) is 26.1 Å². The van der Waals surface area contributed by atoms with Crippen molar-refractivity contribution >= 4 is 0 Å². The van der Waals surface area contributed by atoms with Gasteiger partial charge in [0.15, 0.2) is 0 Å². The fraction of sp³-hybridized carbons (Fsp3) is 1.00. The van der Waals surface area contributed by atoms with Gasteiger partial charge in [0.1, 0.15) is 0 Å². The molecule has 2 fully saturated rings. The molecule has 14 heavy (non-hydrogen) atoms. The highest BCUT2D eigenvalue weighted by Gasteiger charge is 2.35. The van der Waals surface area contributed by atoms with Crippen LogP contribution in [0.1, 0.15) is 52.9 Å². The number of rotatable bonds is 3. The molecule has 2 heteroatoms. The summed E-state index contributed by atoms with van der Waals surface area (Å²) >= 11 is 0. The van der Waals surface area contributed by atoms with Gasteiger partial charge >= 0.3 is 0 Å². The third kappa shape index (κ3) is 2.29. The SMILES string of the molecule is CC1(NCC2CCC(C)(C)O2)CCC1. The molecule has 1 aliphatic carbocycles. The molecular weight excluding hydrogens is 174 g/mol. The highest BCUT2D eigenvalue weighted by Crippen LogP contribution is 2.33. The summed E-state index contributed by atoms with van der Waals surface area (Å²) in [6.45, 7) is 7.76. The lowest BCUT2D eigenvalue weighted by Gasteiger charge is -2.40. The van der Waals surface area contributed by atoms with Crippen molar-refractivity contribution in [2.24, 2.45) is 0 Å². The van der Waals surface area contributed by atoms with E-state index in [-0.39, 0.29) is 5.60 Å². The molecule has 0 spiro atoms. The standard InChI is InChI=1S/C12H23NO/c1-11(2)8-5-10(14-11)9-13-12(3)6-4-7-12/h10,13H,4-9H2,1-3H3. The molecule has 1 saturated carbocycles. The zero-order valence-corrected chi connectivity index (χ0v) is 9.73. The Morgan fingerprint density at radius 3 is 2.36 bits per heavy atom. The van der Waals surface area contributed by atoms with Gasteiger partial charge in [-0.3, -0.25) is 0 Å². The molecule has 0 amide bonds. The molecule has 0 aromatic rings. The first kappa shape index (κ1) is 10.4. The molecule has 1 saturated heterocycles. The number of hydrogen-bond acceptors (Lipinski definition) is 2. The zero-order chi connectivity index (χ0) is 10.2. The minimum atomic E-state index is 0.118. The van der Waals surface area contributed by atoms with Crippen LogP contribution in [-0.4, -0.2) is 23.8 Å². The van der Waals surface area contributed by atoms with Crippen LogP contribution < -0.4 is 5.32 Å². The van der Waals surface area contributed by atoms with E-state index in [0.29, 0.717) is 11.6 Å². The van der Waals surface area contributed by atoms with Crippen LogP contribution in [0, 0.1) is 0 Å². The molecule has 82 valence electrons. The average Bonchev–Trinajstić information content (AvgIpc) is 2.39. The van der Waals surface area contributed by atoms with E-state index < -0.39 is 0 Å². The Balaban J connectivity index is 1.72. The molecule has 2 nitrogen and oxygen atoms in total. The van der Waals surface area contributed by atoms with Crippen LogP contribution in [-0.2, 0) is 4.74 Å². The van der Waals surface area contributed by atoms with E-state index in [9.17, 15) is 0 Å². The van der Waals surface area contributed by atoms with Crippen molar-refractivity contribution in [2.75, 3.05) is 6.54 Å². The first-order valence-corrected chi connectivity index (χ1v) is 5.92. The lowest BCUT2D eigenvalue weighted by atomic mass is 9.78. The fourth-order valence-electron chi connectivity index (χ4n) is 2.47. The zero-order valence-electron chi connectivity index (χ0n) is 9.73. The van der Waals surface area contributed by atoms with Crippen molar-refractivity contribution in [1.29, 1.82) is 0 Å². The summed E-state index contributed by atoms with van der Waals surface area (Å²) in [5.74, 6) is 0. The predicted molar refractivity (Wildman–Crippen MR) is 58.4 cm³/mol. The van der Waals surface area contributed by atoms with Crippen molar-refractivity contribution in [3.05, 3.63) is 0 Å². The van der Waals surface area contributed by atoms with Crippen LogP contribution in [0.3, 0.4) is 0 Å². The molecule has 2 aliphatic rings. The molecule has 1 N–H and O–H groups in total. The molecule has 1 heterocycles. The second-order valence-corrected chi connectivity index (χ2v) is 5.83. The van der Waals surface area contributed by atoms with E-state index in [4.69, 9.17) is 4.74 Å². The predicted octanol–water partition coefficient (Wildman–Crippen LogP) is 2.48. The first-order valence-electron chi connectivity index (χ1n) is 5.92. The van der Waals surface area contributed by atoms with Gasteiger partial charge in [-0.2, -0.15) is 0 Å². The Bertz CT molecular complexity index is 208. The van der Waals surface area contributed by atoms with E-state index in [0.717, 1.165) is 6.54 Å². The van der Waals surface area contributed by atoms with Crippen molar-refractivity contribution in [3.63, 3.8) is 0 Å². The van der Waals surface area contributed by atoms with Crippen molar-refractivity contribution < 1.29 is 4.74 Å². The molecule has 0 aromatic carbocycles. The van der Waals surface area contributed by atoms with Gasteiger partial charge in [-0.1, -0.05) is 0 Å². The highest BCUT2D eigenvalue weighted by molar-refractivity contribution is 4.93. The van der Waals surface area contributed by atoms with Crippen molar-refractivity contribution in [2.45, 2.75) is 70.1 Å². The molecule has 2 rings (SSSR count). The van der Waals surface area contributed by atoms with Gasteiger partial charge in [-0.25, -0.2) is 0 Å². The van der Waals surface area contributed by atoms with E-state index >= 15 is 0 Å². The topological polar surface area (TPSA) is 21.3 Å². The Morgan fingerprint density at radius 2 is 1.93 bits per heavy atom. The van der Waals surface area contributed by atoms with Gasteiger partial charge in [0.2, 0.25) is 0 Å². The van der Waals surface area contributed by atoms with Crippen LogP contribution in [0.4, 0.5) is 0 Å². The summed E-state index contributed by atoms with van der Waals surface area (Å²) in [5.41, 5.74) is 0.545. The largest absolute Gasteiger partial charge is 0.371 e. The monoisotopic (exact) mass is 197 g/mol. The Hall–Kier alpha value is -0.0800. The highest BCUT2D eigenvalue weighted by atomic mass is 16.5. The van der Waals surface area contributed by atoms with Crippen molar-refractivity contribution in [1.82, 2.24) is 5.32 Å². The van der Waals surface area contributed by atoms with Gasteiger partial charge in [0.05, 0.1) is 11.7 Å². The van der Waals surface area contributed by atoms with Gasteiger partial charge < -0.3 is 10.1 Å². The number of hydrogen-bond donors (Lipinski definition) is 1. The van der Waals surface area contributed by atoms with Crippen LogP contribution in [0.2, 0.25) is 0 Å². The molecule has 0 aromatic heterocycles. The molecule has 1 aliphatic heterocycles. The lowest BCUT2D eigenvalue weighted by Crippen LogP contribution is -2.50. The molecule has 0 bridgehead atoms. The van der Waals surface area contributed by atoms with Gasteiger partial charge in [-0.05, 0) is 52.9 Å². The van der Waals surface area contributed by atoms with Crippen LogP contribution in [0.25, 0.3) is 0 Å². The van der Waals surface area contributed by atoms with Crippen LogP contribution >= 0.6 is 0 Å². The molecule has 1 unspecified atom stereocenters. The number of nitrogens with one attached hydrogen (secondary N) is 1. The van der Waals surface area contributed by atoms with Gasteiger partial charge in [0, 0.05) is 12.1 Å². The third-order valence-electron chi connectivity index (χ3n) is 3.77. The Morgan fingerprint density at radius 1 is 1.21 bits per heavy atom. The molecular formula is C12H23NO. The number of ether oxygens (including phenoxy) is 1. The van der Waals surface area contributed by atoms with Gasteiger partial charge in [0.25, 0.3) is 0 Å². The summed E-state index contributed by atoms with van der Waals surface area (Å²) in [6, 6.07) is 0. The Labute approximate surface area is 87.4 Å². The smallest absolute Gasteiger partial charge is 0.0708 e. The maximum Gasteiger partial charge on any atom is 0.0708 e. The maximum atomic E-state index is 5.95. The first-order chi connectivity index (χ1) is 6.49. The molecule has 0 radical (unpaired) electrons. The normalized spacial score (nSPS) is 34.1. The van der Waals surface area contributed by atoms with E-state index in [1.807, 2.05) is 0 Å². The van der Waals surface area contributed by atoms with Gasteiger partial charge in [-0.15, -0.1) is 0 Å². The quantitative estimate of drug-likeness (QED) is 0.750. The summed E-state index contributed by atoms with van der Waals surface area (Å²) in [7, 11) is 0. The summed E-state index contributed by atoms with van der Waals surface area (Å²) < 4.78 is 5.95. The maximum absolute atomic E-state index is 5.95. The lowest BCUT2D eigenvalue weighted by molar-refractivity contribution is -0.0189. The van der Waals surface area contributed by atoms with E-state index in [1.165, 1.54) is 32.1 Å². The summed E-state index contributed by atoms with van der Waals surface area (Å²) in [5, 5.41) is 3.65. The minimum absolute atomic E-state index is 0.118. The summed E-state index contributed by atoms with van der Waals surface area (Å²) in [6.07, 6.45) is 6.93. The fourth-order valence-corrected chi connectivity index (χ4v) is 2.47. The second-order valence-electron chi connectivity index (χ2n) is 5.83. The van der Waals surface area contributed by atoms with Crippen molar-refractivity contribution in [3.8, 4) is 0 Å². The minimum Gasteiger partial charge on any atom is -0.371 e. The van der Waals surface area contributed by atoms with Crippen LogP contribution in [0.15, 0.2) is 0 Å². The average molecular weight is 197 g/mol. The third-order valence-corrected chi connectivity index (χ3v) is 3.77. The molecule has 1 atom stereocenters. The van der Waals surface area contributed by atoms with Crippen LogP contribution in [0.5, 0.6) is 0 Å². The summed E-state index contributed by atoms with van der Waals surface area (Å²) in [4.78, 5) is 0.